The molecule has 21 heavy (non-hydrogen) atoms. The first-order chi connectivity index (χ1) is 10.1. The van der Waals surface area contributed by atoms with Gasteiger partial charge in [0, 0.05) is 5.56 Å². The molecule has 0 unspecified atom stereocenters. The van der Waals surface area contributed by atoms with Gasteiger partial charge in [-0.1, -0.05) is 43.2 Å². The van der Waals surface area contributed by atoms with Crippen molar-refractivity contribution in [3.05, 3.63) is 47.5 Å². The summed E-state index contributed by atoms with van der Waals surface area (Å²) in [6, 6.07) is 6.14. The minimum Gasteiger partial charge on any atom is -0.244 e. The van der Waals surface area contributed by atoms with E-state index in [9.17, 15) is 13.2 Å². The van der Waals surface area contributed by atoms with Gasteiger partial charge in [-0.25, -0.2) is 4.39 Å². The summed E-state index contributed by atoms with van der Waals surface area (Å²) in [4.78, 5) is 0. The fraction of sp³-hybridized carbons (Fsp3) is 0.556. The molecule has 0 aromatic heterocycles. The van der Waals surface area contributed by atoms with Crippen LogP contribution in [0.25, 0.3) is 0 Å². The van der Waals surface area contributed by atoms with Gasteiger partial charge in [-0.3, -0.25) is 0 Å². The zero-order chi connectivity index (χ0) is 15.1. The maximum atomic E-state index is 13.3. The summed E-state index contributed by atoms with van der Waals surface area (Å²) in [5, 5.41) is 0. The number of alkyl halides is 3. The molecule has 0 amide bonds. The molecule has 1 saturated carbocycles. The van der Waals surface area contributed by atoms with Crippen molar-refractivity contribution in [2.75, 3.05) is 6.67 Å². The van der Waals surface area contributed by atoms with Gasteiger partial charge in [-0.2, -0.15) is 8.78 Å². The van der Waals surface area contributed by atoms with Crippen molar-refractivity contribution in [3.63, 3.8) is 0 Å². The van der Waals surface area contributed by atoms with E-state index in [0.29, 0.717) is 0 Å². The van der Waals surface area contributed by atoms with E-state index in [-0.39, 0.29) is 5.56 Å². The maximum Gasteiger partial charge on any atom is 0.301 e. The smallest absolute Gasteiger partial charge is 0.244 e. The minimum absolute atomic E-state index is 0.219. The molecule has 2 rings (SSSR count). The maximum absolute atomic E-state index is 13.3. The van der Waals surface area contributed by atoms with E-state index in [1.165, 1.54) is 37.8 Å². The highest BCUT2D eigenvalue weighted by Crippen LogP contribution is 2.29. The van der Waals surface area contributed by atoms with Crippen molar-refractivity contribution in [1.82, 2.24) is 0 Å². The Morgan fingerprint density at radius 1 is 1.19 bits per heavy atom. The van der Waals surface area contributed by atoms with E-state index in [4.69, 9.17) is 0 Å². The molecule has 0 atom stereocenters. The summed E-state index contributed by atoms with van der Waals surface area (Å²) in [5.41, 5.74) is 0.638. The number of allylic oxidation sites excluding steroid dienone is 2. The Kier molecular flexibility index (Phi) is 5.89. The van der Waals surface area contributed by atoms with Crippen molar-refractivity contribution < 1.29 is 13.2 Å². The Bertz CT molecular complexity index is 459. The van der Waals surface area contributed by atoms with Gasteiger partial charge in [0.15, 0.2) is 6.67 Å². The van der Waals surface area contributed by atoms with Crippen molar-refractivity contribution in [1.29, 1.82) is 0 Å². The molecule has 3 heteroatoms. The van der Waals surface area contributed by atoms with Gasteiger partial charge in [-0.05, 0) is 49.7 Å². The number of rotatable bonds is 7. The molecule has 1 aromatic carbocycles. The average Bonchev–Trinajstić information content (AvgIpc) is 3.00. The van der Waals surface area contributed by atoms with Crippen LogP contribution in [0.15, 0.2) is 36.4 Å². The highest BCUT2D eigenvalue weighted by Gasteiger charge is 2.31. The molecule has 0 spiro atoms. The Hall–Kier alpha value is -1.25. The Labute approximate surface area is 125 Å². The number of aryl methyl sites for hydroxylation is 1. The second-order valence-corrected chi connectivity index (χ2v) is 5.90. The molecule has 116 valence electrons. The molecular weight excluding hydrogens is 273 g/mol. The van der Waals surface area contributed by atoms with E-state index >= 15 is 0 Å². The molecule has 1 fully saturated rings. The van der Waals surface area contributed by atoms with Crippen LogP contribution in [0.2, 0.25) is 0 Å². The second kappa shape index (κ2) is 7.67. The van der Waals surface area contributed by atoms with Crippen LogP contribution in [0.5, 0.6) is 0 Å². The third kappa shape index (κ3) is 4.90. The Morgan fingerprint density at radius 2 is 1.95 bits per heavy atom. The SMILES string of the molecule is FCC(F)(F)c1cccc(CCC/C=C/C2CCCC2)c1. The van der Waals surface area contributed by atoms with Gasteiger partial charge in [0.1, 0.15) is 0 Å². The van der Waals surface area contributed by atoms with Crippen LogP contribution in [-0.2, 0) is 12.3 Å². The topological polar surface area (TPSA) is 0 Å². The van der Waals surface area contributed by atoms with Crippen molar-refractivity contribution in [3.8, 4) is 0 Å². The Balaban J connectivity index is 1.79. The average molecular weight is 296 g/mol. The van der Waals surface area contributed by atoms with E-state index in [1.54, 1.807) is 6.07 Å². The van der Waals surface area contributed by atoms with E-state index in [2.05, 4.69) is 12.2 Å². The molecular formula is C18H23F3. The second-order valence-electron chi connectivity index (χ2n) is 5.90. The van der Waals surface area contributed by atoms with Gasteiger partial charge in [0.05, 0.1) is 0 Å². The fourth-order valence-electron chi connectivity index (χ4n) is 2.89. The lowest BCUT2D eigenvalue weighted by atomic mass is 10.0. The number of benzene rings is 1. The molecule has 0 nitrogen and oxygen atoms in total. The van der Waals surface area contributed by atoms with Gasteiger partial charge in [-0.15, -0.1) is 0 Å². The van der Waals surface area contributed by atoms with E-state index in [1.807, 2.05) is 6.07 Å². The lowest BCUT2D eigenvalue weighted by molar-refractivity contribution is -0.0281. The number of hydrogen-bond acceptors (Lipinski definition) is 0. The summed E-state index contributed by atoms with van der Waals surface area (Å²) in [6.07, 6.45) is 12.5. The molecule has 0 radical (unpaired) electrons. The predicted octanol–water partition coefficient (Wildman–Crippen LogP) is 5.82. The van der Waals surface area contributed by atoms with E-state index < -0.39 is 12.6 Å². The lowest BCUT2D eigenvalue weighted by Gasteiger charge is -2.13. The fourth-order valence-corrected chi connectivity index (χ4v) is 2.89. The van der Waals surface area contributed by atoms with Crippen LogP contribution >= 0.6 is 0 Å². The van der Waals surface area contributed by atoms with Crippen LogP contribution < -0.4 is 0 Å². The molecule has 1 aliphatic carbocycles. The summed E-state index contributed by atoms with van der Waals surface area (Å²) in [6.45, 7) is -1.64. The molecule has 0 N–H and O–H groups in total. The predicted molar refractivity (Wildman–Crippen MR) is 80.3 cm³/mol. The van der Waals surface area contributed by atoms with Crippen molar-refractivity contribution in [2.24, 2.45) is 5.92 Å². The first kappa shape index (κ1) is 16.1. The monoisotopic (exact) mass is 296 g/mol. The summed E-state index contributed by atoms with van der Waals surface area (Å²) in [7, 11) is 0. The lowest BCUT2D eigenvalue weighted by Crippen LogP contribution is -2.15. The summed E-state index contributed by atoms with van der Waals surface area (Å²) in [5.74, 6) is -2.62. The molecule has 0 bridgehead atoms. The summed E-state index contributed by atoms with van der Waals surface area (Å²) >= 11 is 0. The standard InChI is InChI=1S/C18H23F3/c19-14-18(20,21)17-12-6-11-16(13-17)10-3-1-2-7-15-8-4-5-9-15/h2,6-7,11-13,15H,1,3-5,8-10,14H2/b7-2+. The largest absolute Gasteiger partial charge is 0.301 e. The molecule has 1 aliphatic rings. The first-order valence-electron chi connectivity index (χ1n) is 7.82. The van der Waals surface area contributed by atoms with E-state index in [0.717, 1.165) is 30.7 Å². The quantitative estimate of drug-likeness (QED) is 0.439. The molecule has 1 aromatic rings. The van der Waals surface area contributed by atoms with Crippen LogP contribution in [0.1, 0.15) is 49.7 Å². The molecule has 0 saturated heterocycles. The van der Waals surface area contributed by atoms with Gasteiger partial charge < -0.3 is 0 Å². The third-order valence-electron chi connectivity index (χ3n) is 4.16. The number of halogens is 3. The van der Waals surface area contributed by atoms with Crippen LogP contribution in [0, 0.1) is 5.92 Å². The first-order valence-corrected chi connectivity index (χ1v) is 7.82. The van der Waals surface area contributed by atoms with Gasteiger partial charge in [0.2, 0.25) is 0 Å². The van der Waals surface area contributed by atoms with Crippen molar-refractivity contribution >= 4 is 0 Å². The van der Waals surface area contributed by atoms with Crippen LogP contribution in [0.3, 0.4) is 0 Å². The van der Waals surface area contributed by atoms with Crippen LogP contribution in [-0.4, -0.2) is 6.67 Å². The third-order valence-corrected chi connectivity index (χ3v) is 4.16. The number of unbranched alkanes of at least 4 members (excludes halogenated alkanes) is 1. The number of hydrogen-bond donors (Lipinski definition) is 0. The Morgan fingerprint density at radius 3 is 2.67 bits per heavy atom. The van der Waals surface area contributed by atoms with Gasteiger partial charge in [0.25, 0.3) is 0 Å². The zero-order valence-electron chi connectivity index (χ0n) is 12.3. The van der Waals surface area contributed by atoms with Crippen LogP contribution in [0.4, 0.5) is 13.2 Å². The minimum atomic E-state index is -3.36. The molecule has 0 aliphatic heterocycles. The van der Waals surface area contributed by atoms with Gasteiger partial charge >= 0.3 is 5.92 Å². The normalized spacial score (nSPS) is 16.9. The zero-order valence-corrected chi connectivity index (χ0v) is 12.3. The highest BCUT2D eigenvalue weighted by atomic mass is 19.3. The summed E-state index contributed by atoms with van der Waals surface area (Å²) < 4.78 is 38.9. The van der Waals surface area contributed by atoms with Crippen molar-refractivity contribution in [2.45, 2.75) is 50.9 Å². The molecule has 0 heterocycles. The highest BCUT2D eigenvalue weighted by molar-refractivity contribution is 5.27.